The van der Waals surface area contributed by atoms with Crippen LogP contribution >= 0.6 is 11.6 Å². The Kier molecular flexibility index (Phi) is 6.64. The molecule has 1 aliphatic rings. The van der Waals surface area contributed by atoms with E-state index in [4.69, 9.17) is 31.5 Å². The molecule has 2 amide bonds. The van der Waals surface area contributed by atoms with E-state index in [1.165, 1.54) is 31.3 Å². The van der Waals surface area contributed by atoms with E-state index in [-0.39, 0.29) is 47.8 Å². The second-order valence-electron chi connectivity index (χ2n) is 5.38. The number of amides is 2. The van der Waals surface area contributed by atoms with E-state index in [1.54, 1.807) is 0 Å². The van der Waals surface area contributed by atoms with Crippen LogP contribution in [0.25, 0.3) is 0 Å². The third-order valence-electron chi connectivity index (χ3n) is 3.65. The molecule has 1 fully saturated rings. The number of esters is 1. The summed E-state index contributed by atoms with van der Waals surface area (Å²) in [6, 6.07) is 2.83. The van der Waals surface area contributed by atoms with E-state index >= 15 is 0 Å². The summed E-state index contributed by atoms with van der Waals surface area (Å²) in [4.78, 5) is 36.7. The summed E-state index contributed by atoms with van der Waals surface area (Å²) in [7, 11) is 2.63. The SMILES string of the molecule is COC(=O)C1CN(C(=O)c2cc(Cl)c(OCC(N)=O)c(OC)c2)CCO1. The third-order valence-corrected chi connectivity index (χ3v) is 3.93. The highest BCUT2D eigenvalue weighted by atomic mass is 35.5. The van der Waals surface area contributed by atoms with Crippen LogP contribution in [-0.2, 0) is 19.1 Å². The maximum Gasteiger partial charge on any atom is 0.336 e. The van der Waals surface area contributed by atoms with Crippen LogP contribution < -0.4 is 15.2 Å². The molecule has 0 aliphatic carbocycles. The van der Waals surface area contributed by atoms with Gasteiger partial charge < -0.3 is 29.6 Å². The van der Waals surface area contributed by atoms with E-state index < -0.39 is 18.0 Å². The van der Waals surface area contributed by atoms with Crippen molar-refractivity contribution in [2.45, 2.75) is 6.10 Å². The van der Waals surface area contributed by atoms with Crippen LogP contribution in [0.2, 0.25) is 5.02 Å². The highest BCUT2D eigenvalue weighted by Crippen LogP contribution is 2.36. The first-order chi connectivity index (χ1) is 12.4. The fraction of sp³-hybridized carbons (Fsp3) is 0.438. The molecule has 2 rings (SSSR count). The third kappa shape index (κ3) is 4.55. The molecule has 0 aromatic heterocycles. The highest BCUT2D eigenvalue weighted by Gasteiger charge is 2.31. The summed E-state index contributed by atoms with van der Waals surface area (Å²) in [6.45, 7) is 0.196. The first kappa shape index (κ1) is 19.8. The molecule has 0 saturated carbocycles. The zero-order chi connectivity index (χ0) is 19.3. The maximum absolute atomic E-state index is 12.7. The minimum atomic E-state index is -0.840. The molecule has 1 heterocycles. The maximum atomic E-state index is 12.7. The van der Waals surface area contributed by atoms with Gasteiger partial charge >= 0.3 is 5.97 Å². The Morgan fingerprint density at radius 2 is 2.08 bits per heavy atom. The molecule has 0 bridgehead atoms. The Bertz CT molecular complexity index is 710. The number of hydrogen-bond donors (Lipinski definition) is 1. The van der Waals surface area contributed by atoms with Gasteiger partial charge in [0.15, 0.2) is 24.2 Å². The molecule has 1 aliphatic heterocycles. The fourth-order valence-electron chi connectivity index (χ4n) is 2.42. The van der Waals surface area contributed by atoms with Gasteiger partial charge in [-0.25, -0.2) is 4.79 Å². The molecule has 2 N–H and O–H groups in total. The van der Waals surface area contributed by atoms with Gasteiger partial charge in [0.2, 0.25) is 0 Å². The predicted molar refractivity (Wildman–Crippen MR) is 90.4 cm³/mol. The lowest BCUT2D eigenvalue weighted by Gasteiger charge is -2.31. The molecular weight excluding hydrogens is 368 g/mol. The Morgan fingerprint density at radius 3 is 2.69 bits per heavy atom. The largest absolute Gasteiger partial charge is 0.493 e. The molecule has 1 atom stereocenters. The number of rotatable bonds is 6. The first-order valence-corrected chi connectivity index (χ1v) is 8.02. The number of nitrogens with two attached hydrogens (primary N) is 1. The summed E-state index contributed by atoms with van der Waals surface area (Å²) >= 11 is 6.15. The molecule has 26 heavy (non-hydrogen) atoms. The number of nitrogens with zero attached hydrogens (tertiary/aromatic N) is 1. The van der Waals surface area contributed by atoms with Crippen LogP contribution in [0, 0.1) is 0 Å². The van der Waals surface area contributed by atoms with Crippen molar-refractivity contribution in [3.63, 3.8) is 0 Å². The molecule has 10 heteroatoms. The van der Waals surface area contributed by atoms with Crippen molar-refractivity contribution in [3.8, 4) is 11.5 Å². The summed E-state index contributed by atoms with van der Waals surface area (Å²) in [5.74, 6) is -1.29. The van der Waals surface area contributed by atoms with Crippen LogP contribution in [0.3, 0.4) is 0 Å². The zero-order valence-electron chi connectivity index (χ0n) is 14.3. The van der Waals surface area contributed by atoms with E-state index in [1.807, 2.05) is 0 Å². The van der Waals surface area contributed by atoms with Crippen LogP contribution in [0.15, 0.2) is 12.1 Å². The van der Waals surface area contributed by atoms with Gasteiger partial charge in [0.05, 0.1) is 32.4 Å². The lowest BCUT2D eigenvalue weighted by Crippen LogP contribution is -2.48. The minimum absolute atomic E-state index is 0.0609. The Hall–Kier alpha value is -2.52. The summed E-state index contributed by atoms with van der Waals surface area (Å²) in [6.07, 6.45) is -0.840. The van der Waals surface area contributed by atoms with Gasteiger partial charge in [0.1, 0.15) is 0 Å². The standard InChI is InChI=1S/C16H19ClN2O7/c1-23-11-6-9(5-10(17)14(11)26-8-13(18)20)15(21)19-3-4-25-12(7-19)16(22)24-2/h5-6,12H,3-4,7-8H2,1-2H3,(H2,18,20). The lowest BCUT2D eigenvalue weighted by atomic mass is 10.1. The first-order valence-electron chi connectivity index (χ1n) is 7.64. The summed E-state index contributed by atoms with van der Waals surface area (Å²) in [5.41, 5.74) is 5.29. The number of primary amides is 1. The quantitative estimate of drug-likeness (QED) is 0.695. The highest BCUT2D eigenvalue weighted by molar-refractivity contribution is 6.32. The second-order valence-corrected chi connectivity index (χ2v) is 5.79. The molecule has 9 nitrogen and oxygen atoms in total. The van der Waals surface area contributed by atoms with E-state index in [0.29, 0.717) is 6.54 Å². The second kappa shape index (κ2) is 8.72. The molecule has 0 spiro atoms. The lowest BCUT2D eigenvalue weighted by molar-refractivity contribution is -0.158. The Morgan fingerprint density at radius 1 is 1.35 bits per heavy atom. The Balaban J connectivity index is 2.22. The van der Waals surface area contributed by atoms with Gasteiger partial charge in [0, 0.05) is 12.1 Å². The molecule has 0 radical (unpaired) electrons. The summed E-state index contributed by atoms with van der Waals surface area (Å²) < 4.78 is 20.4. The van der Waals surface area contributed by atoms with Crippen molar-refractivity contribution in [1.29, 1.82) is 0 Å². The molecule has 1 unspecified atom stereocenters. The van der Waals surface area contributed by atoms with Gasteiger partial charge in [-0.3, -0.25) is 9.59 Å². The number of carbonyl (C=O) groups is 3. The Labute approximate surface area is 154 Å². The van der Waals surface area contributed by atoms with Crippen molar-refractivity contribution in [1.82, 2.24) is 4.90 Å². The molecule has 1 aromatic carbocycles. The monoisotopic (exact) mass is 386 g/mol. The number of ether oxygens (including phenoxy) is 4. The number of methoxy groups -OCH3 is 2. The van der Waals surface area contributed by atoms with Crippen molar-refractivity contribution >= 4 is 29.4 Å². The van der Waals surface area contributed by atoms with Crippen molar-refractivity contribution in [3.05, 3.63) is 22.7 Å². The topological polar surface area (TPSA) is 117 Å². The number of morpholine rings is 1. The number of carbonyl (C=O) groups excluding carboxylic acids is 3. The van der Waals surface area contributed by atoms with Gasteiger partial charge in [-0.05, 0) is 12.1 Å². The van der Waals surface area contributed by atoms with E-state index in [0.717, 1.165) is 0 Å². The number of benzene rings is 1. The average molecular weight is 387 g/mol. The average Bonchev–Trinajstić information content (AvgIpc) is 2.65. The van der Waals surface area contributed by atoms with Crippen LogP contribution in [0.1, 0.15) is 10.4 Å². The summed E-state index contributed by atoms with van der Waals surface area (Å²) in [5, 5.41) is 0.0896. The van der Waals surface area contributed by atoms with Gasteiger partial charge in [0.25, 0.3) is 11.8 Å². The minimum Gasteiger partial charge on any atom is -0.493 e. The van der Waals surface area contributed by atoms with Crippen molar-refractivity contribution in [2.24, 2.45) is 5.73 Å². The zero-order valence-corrected chi connectivity index (χ0v) is 15.1. The molecule has 142 valence electrons. The smallest absolute Gasteiger partial charge is 0.336 e. The van der Waals surface area contributed by atoms with Crippen LogP contribution in [-0.4, -0.2) is 69.3 Å². The molecular formula is C16H19ClN2O7. The normalized spacial score (nSPS) is 16.7. The molecule has 1 aromatic rings. The van der Waals surface area contributed by atoms with E-state index in [9.17, 15) is 14.4 Å². The van der Waals surface area contributed by atoms with Crippen LogP contribution in [0.4, 0.5) is 0 Å². The number of hydrogen-bond acceptors (Lipinski definition) is 7. The van der Waals surface area contributed by atoms with Gasteiger partial charge in [-0.15, -0.1) is 0 Å². The van der Waals surface area contributed by atoms with E-state index in [2.05, 4.69) is 4.74 Å². The van der Waals surface area contributed by atoms with Crippen molar-refractivity contribution < 1.29 is 33.3 Å². The van der Waals surface area contributed by atoms with Crippen molar-refractivity contribution in [2.75, 3.05) is 40.5 Å². The van der Waals surface area contributed by atoms with Gasteiger partial charge in [-0.2, -0.15) is 0 Å². The van der Waals surface area contributed by atoms with Gasteiger partial charge in [-0.1, -0.05) is 11.6 Å². The van der Waals surface area contributed by atoms with Crippen LogP contribution in [0.5, 0.6) is 11.5 Å². The number of halogens is 1. The fourth-order valence-corrected chi connectivity index (χ4v) is 2.68. The molecule has 1 saturated heterocycles. The predicted octanol–water partition coefficient (Wildman–Crippen LogP) is 0.227.